The highest BCUT2D eigenvalue weighted by Crippen LogP contribution is 2.13. The molecule has 1 atom stereocenters. The monoisotopic (exact) mass is 230 g/mol. The van der Waals surface area contributed by atoms with Crippen LogP contribution >= 0.6 is 0 Å². The zero-order chi connectivity index (χ0) is 12.7. The highest BCUT2D eigenvalue weighted by Gasteiger charge is 2.15. The Morgan fingerprint density at radius 2 is 2.35 bits per heavy atom. The zero-order valence-corrected chi connectivity index (χ0v) is 10.1. The van der Waals surface area contributed by atoms with Crippen LogP contribution in [0.25, 0.3) is 0 Å². The first-order valence-electron chi connectivity index (χ1n) is 5.78. The number of anilines is 1. The number of benzene rings is 1. The first-order valence-corrected chi connectivity index (χ1v) is 5.78. The van der Waals surface area contributed by atoms with Crippen molar-refractivity contribution in [1.82, 2.24) is 0 Å². The Hall–Kier alpha value is -1.79. The van der Waals surface area contributed by atoms with Crippen molar-refractivity contribution in [2.24, 2.45) is 11.7 Å². The first kappa shape index (κ1) is 13.3. The third-order valence-corrected chi connectivity index (χ3v) is 2.59. The number of carbonyl (C=O) groups excluding carboxylic acids is 1. The van der Waals surface area contributed by atoms with Crippen LogP contribution in [0.5, 0.6) is 0 Å². The summed E-state index contributed by atoms with van der Waals surface area (Å²) in [6.45, 7) is 2.41. The van der Waals surface area contributed by atoms with Gasteiger partial charge in [0.1, 0.15) is 0 Å². The molecule has 3 nitrogen and oxygen atoms in total. The van der Waals surface area contributed by atoms with Gasteiger partial charge in [-0.2, -0.15) is 0 Å². The minimum absolute atomic E-state index is 0.0384. The van der Waals surface area contributed by atoms with E-state index >= 15 is 0 Å². The van der Waals surface area contributed by atoms with Crippen LogP contribution in [-0.4, -0.2) is 12.5 Å². The second kappa shape index (κ2) is 6.72. The predicted molar refractivity (Wildman–Crippen MR) is 70.5 cm³/mol. The fourth-order valence-electron chi connectivity index (χ4n) is 1.64. The third-order valence-electron chi connectivity index (χ3n) is 2.59. The summed E-state index contributed by atoms with van der Waals surface area (Å²) in [5, 5.41) is 2.84. The predicted octanol–water partition coefficient (Wildman–Crippen LogP) is 1.98. The molecule has 90 valence electrons. The normalized spacial score (nSPS) is 11.6. The Morgan fingerprint density at radius 1 is 1.59 bits per heavy atom. The van der Waals surface area contributed by atoms with E-state index in [1.165, 1.54) is 0 Å². The van der Waals surface area contributed by atoms with Crippen molar-refractivity contribution in [2.75, 3.05) is 11.9 Å². The first-order chi connectivity index (χ1) is 8.21. The lowest BCUT2D eigenvalue weighted by Crippen LogP contribution is -2.29. The molecule has 0 aromatic heterocycles. The molecule has 0 radical (unpaired) electrons. The molecule has 0 bridgehead atoms. The van der Waals surface area contributed by atoms with E-state index in [-0.39, 0.29) is 11.8 Å². The summed E-state index contributed by atoms with van der Waals surface area (Å²) >= 11 is 0. The molecule has 0 aliphatic carbocycles. The van der Waals surface area contributed by atoms with Gasteiger partial charge in [-0.05, 0) is 24.6 Å². The van der Waals surface area contributed by atoms with Gasteiger partial charge in [0, 0.05) is 17.8 Å². The minimum atomic E-state index is -0.130. The highest BCUT2D eigenvalue weighted by molar-refractivity contribution is 5.92. The Morgan fingerprint density at radius 3 is 2.94 bits per heavy atom. The lowest BCUT2D eigenvalue weighted by atomic mass is 10.0. The number of nitrogens with two attached hydrogens (primary N) is 1. The van der Waals surface area contributed by atoms with Gasteiger partial charge in [-0.15, -0.1) is 6.42 Å². The van der Waals surface area contributed by atoms with E-state index in [2.05, 4.69) is 11.2 Å². The van der Waals surface area contributed by atoms with E-state index in [1.54, 1.807) is 6.07 Å². The summed E-state index contributed by atoms with van der Waals surface area (Å²) in [4.78, 5) is 11.9. The molecular weight excluding hydrogens is 212 g/mol. The van der Waals surface area contributed by atoms with Crippen molar-refractivity contribution in [3.63, 3.8) is 0 Å². The van der Waals surface area contributed by atoms with Crippen LogP contribution in [0, 0.1) is 18.3 Å². The maximum absolute atomic E-state index is 11.9. The molecule has 1 aromatic rings. The van der Waals surface area contributed by atoms with Crippen molar-refractivity contribution < 1.29 is 4.79 Å². The molecule has 1 unspecified atom stereocenters. The van der Waals surface area contributed by atoms with E-state index in [1.807, 2.05) is 25.1 Å². The fourth-order valence-corrected chi connectivity index (χ4v) is 1.64. The molecule has 0 spiro atoms. The van der Waals surface area contributed by atoms with Crippen LogP contribution in [0.3, 0.4) is 0 Å². The molecule has 1 amide bonds. The number of amides is 1. The largest absolute Gasteiger partial charge is 0.330 e. The molecule has 0 fully saturated rings. The molecule has 0 aliphatic heterocycles. The van der Waals surface area contributed by atoms with Gasteiger partial charge in [-0.1, -0.05) is 25.3 Å². The van der Waals surface area contributed by atoms with E-state index in [0.717, 1.165) is 24.1 Å². The summed E-state index contributed by atoms with van der Waals surface area (Å²) < 4.78 is 0. The topological polar surface area (TPSA) is 55.1 Å². The molecule has 3 heteroatoms. The quantitative estimate of drug-likeness (QED) is 0.760. The van der Waals surface area contributed by atoms with Crippen LogP contribution in [-0.2, 0) is 4.79 Å². The average molecular weight is 230 g/mol. The zero-order valence-electron chi connectivity index (χ0n) is 10.1. The summed E-state index contributed by atoms with van der Waals surface area (Å²) in [6.07, 6.45) is 7.05. The van der Waals surface area contributed by atoms with Gasteiger partial charge in [0.25, 0.3) is 0 Å². The minimum Gasteiger partial charge on any atom is -0.330 e. The standard InChI is InChI=1S/C14H18N2O/c1-3-6-12(10-15)14(17)16-13-8-5-7-11(4-2)9-13/h2,5,7-9,12H,3,6,10,15H2,1H3,(H,16,17). The second-order valence-corrected chi connectivity index (χ2v) is 3.94. The Bertz CT molecular complexity index is 420. The molecule has 17 heavy (non-hydrogen) atoms. The summed E-state index contributed by atoms with van der Waals surface area (Å²) in [5.74, 6) is 2.36. The van der Waals surface area contributed by atoms with Crippen molar-refractivity contribution in [3.05, 3.63) is 29.8 Å². The Labute approximate surface area is 102 Å². The number of carbonyl (C=O) groups is 1. The van der Waals surface area contributed by atoms with Crippen LogP contribution < -0.4 is 11.1 Å². The Kier molecular flexibility index (Phi) is 5.25. The summed E-state index contributed by atoms with van der Waals surface area (Å²) in [5.41, 5.74) is 7.05. The third kappa shape index (κ3) is 3.93. The molecular formula is C14H18N2O. The molecule has 1 aromatic carbocycles. The number of hydrogen-bond acceptors (Lipinski definition) is 2. The van der Waals surface area contributed by atoms with E-state index in [0.29, 0.717) is 6.54 Å². The highest BCUT2D eigenvalue weighted by atomic mass is 16.1. The number of hydrogen-bond donors (Lipinski definition) is 2. The van der Waals surface area contributed by atoms with Gasteiger partial charge in [-0.25, -0.2) is 0 Å². The summed E-state index contributed by atoms with van der Waals surface area (Å²) in [6, 6.07) is 7.24. The summed E-state index contributed by atoms with van der Waals surface area (Å²) in [7, 11) is 0. The Balaban J connectivity index is 2.70. The van der Waals surface area contributed by atoms with Gasteiger partial charge in [0.2, 0.25) is 5.91 Å². The fraction of sp³-hybridized carbons (Fsp3) is 0.357. The van der Waals surface area contributed by atoms with Crippen molar-refractivity contribution >= 4 is 11.6 Å². The van der Waals surface area contributed by atoms with Gasteiger partial charge in [0.15, 0.2) is 0 Å². The van der Waals surface area contributed by atoms with Gasteiger partial charge in [0.05, 0.1) is 5.92 Å². The van der Waals surface area contributed by atoms with E-state index < -0.39 is 0 Å². The van der Waals surface area contributed by atoms with Gasteiger partial charge >= 0.3 is 0 Å². The molecule has 0 saturated heterocycles. The molecule has 1 rings (SSSR count). The van der Waals surface area contributed by atoms with Crippen molar-refractivity contribution in [2.45, 2.75) is 19.8 Å². The van der Waals surface area contributed by atoms with Crippen LogP contribution in [0.4, 0.5) is 5.69 Å². The molecule has 3 N–H and O–H groups in total. The van der Waals surface area contributed by atoms with Gasteiger partial charge < -0.3 is 11.1 Å². The smallest absolute Gasteiger partial charge is 0.228 e. The maximum atomic E-state index is 11.9. The van der Waals surface area contributed by atoms with Crippen LogP contribution in [0.2, 0.25) is 0 Å². The van der Waals surface area contributed by atoms with Gasteiger partial charge in [-0.3, -0.25) is 4.79 Å². The molecule has 0 aliphatic rings. The number of nitrogens with one attached hydrogen (secondary N) is 1. The van der Waals surface area contributed by atoms with Crippen LogP contribution in [0.1, 0.15) is 25.3 Å². The van der Waals surface area contributed by atoms with Crippen LogP contribution in [0.15, 0.2) is 24.3 Å². The number of terminal acetylenes is 1. The number of rotatable bonds is 5. The van der Waals surface area contributed by atoms with Crippen molar-refractivity contribution in [1.29, 1.82) is 0 Å². The maximum Gasteiger partial charge on any atom is 0.228 e. The molecule has 0 saturated carbocycles. The van der Waals surface area contributed by atoms with Crippen molar-refractivity contribution in [3.8, 4) is 12.3 Å². The lowest BCUT2D eigenvalue weighted by molar-refractivity contribution is -0.119. The lowest BCUT2D eigenvalue weighted by Gasteiger charge is -2.13. The molecule has 0 heterocycles. The van der Waals surface area contributed by atoms with E-state index in [9.17, 15) is 4.79 Å². The SMILES string of the molecule is C#Cc1cccc(NC(=O)C(CN)CCC)c1. The average Bonchev–Trinajstić information content (AvgIpc) is 2.36. The second-order valence-electron chi connectivity index (χ2n) is 3.94. The van der Waals surface area contributed by atoms with E-state index in [4.69, 9.17) is 12.2 Å².